The number of hydrazone groups is 1. The van der Waals surface area contributed by atoms with Crippen LogP contribution in [0.3, 0.4) is 0 Å². The number of nitro groups is 1. The smallest absolute Gasteiger partial charge is 0.288 e. The Kier molecular flexibility index (Phi) is 5.40. The zero-order chi connectivity index (χ0) is 15.9. The third kappa shape index (κ3) is 4.51. The Labute approximate surface area is 136 Å². The van der Waals surface area contributed by atoms with E-state index in [1.54, 1.807) is 6.07 Å². The van der Waals surface area contributed by atoms with Crippen molar-refractivity contribution in [3.05, 3.63) is 69.2 Å². The molecule has 0 spiro atoms. The number of nitro benzene ring substituents is 1. The van der Waals surface area contributed by atoms with Gasteiger partial charge in [-0.1, -0.05) is 35.9 Å². The summed E-state index contributed by atoms with van der Waals surface area (Å²) in [5.41, 5.74) is 3.82. The first kappa shape index (κ1) is 15.9. The minimum atomic E-state index is -0.547. The van der Waals surface area contributed by atoms with Crippen LogP contribution < -0.4 is 10.7 Å². The van der Waals surface area contributed by atoms with E-state index < -0.39 is 4.92 Å². The number of nitrogens with zero attached hydrogens (tertiary/aromatic N) is 2. The molecule has 0 aliphatic carbocycles. The van der Waals surface area contributed by atoms with E-state index in [0.717, 1.165) is 5.69 Å². The number of anilines is 1. The van der Waals surface area contributed by atoms with Crippen molar-refractivity contribution >= 4 is 46.5 Å². The van der Waals surface area contributed by atoms with Gasteiger partial charge in [-0.25, -0.2) is 0 Å². The van der Waals surface area contributed by atoms with Gasteiger partial charge in [0, 0.05) is 17.3 Å². The molecule has 0 heterocycles. The molecule has 2 aromatic carbocycles. The number of hydrogen-bond donors (Lipinski definition) is 2. The summed E-state index contributed by atoms with van der Waals surface area (Å²) in [6.45, 7) is 0. The lowest BCUT2D eigenvalue weighted by molar-refractivity contribution is -0.384. The van der Waals surface area contributed by atoms with E-state index in [2.05, 4.69) is 15.8 Å². The summed E-state index contributed by atoms with van der Waals surface area (Å²) >= 11 is 10.8. The van der Waals surface area contributed by atoms with Crippen LogP contribution in [0.2, 0.25) is 5.02 Å². The summed E-state index contributed by atoms with van der Waals surface area (Å²) < 4.78 is 0. The van der Waals surface area contributed by atoms with E-state index in [1.807, 2.05) is 30.3 Å². The predicted octanol–water partition coefficient (Wildman–Crippen LogP) is 3.57. The molecule has 0 unspecified atom stereocenters. The van der Waals surface area contributed by atoms with Crippen molar-refractivity contribution in [2.24, 2.45) is 5.10 Å². The molecule has 2 rings (SSSR count). The van der Waals surface area contributed by atoms with Gasteiger partial charge in [0.25, 0.3) is 5.69 Å². The fourth-order valence-corrected chi connectivity index (χ4v) is 1.95. The van der Waals surface area contributed by atoms with Gasteiger partial charge in [0.2, 0.25) is 0 Å². The van der Waals surface area contributed by atoms with E-state index in [-0.39, 0.29) is 10.7 Å². The fourth-order valence-electron chi connectivity index (χ4n) is 1.60. The number of thiocarbonyl (C=S) groups is 1. The second-order valence-corrected chi connectivity index (χ2v) is 4.97. The maximum absolute atomic E-state index is 10.8. The van der Waals surface area contributed by atoms with Crippen LogP contribution in [0.15, 0.2) is 53.6 Å². The molecule has 2 aromatic rings. The molecule has 0 aromatic heterocycles. The first-order valence-electron chi connectivity index (χ1n) is 6.15. The summed E-state index contributed by atoms with van der Waals surface area (Å²) in [5, 5.41) is 18.0. The molecule has 0 aliphatic rings. The zero-order valence-electron chi connectivity index (χ0n) is 11.2. The van der Waals surface area contributed by atoms with Crippen LogP contribution in [0.5, 0.6) is 0 Å². The molecule has 0 amide bonds. The third-order valence-corrected chi connectivity index (χ3v) is 3.09. The summed E-state index contributed by atoms with van der Waals surface area (Å²) in [5.74, 6) is 0. The van der Waals surface area contributed by atoms with E-state index >= 15 is 0 Å². The normalized spacial score (nSPS) is 10.4. The van der Waals surface area contributed by atoms with Gasteiger partial charge in [-0.15, -0.1) is 0 Å². The lowest BCUT2D eigenvalue weighted by Gasteiger charge is -2.06. The van der Waals surface area contributed by atoms with Crippen LogP contribution in [0, 0.1) is 10.1 Å². The average molecular weight is 335 g/mol. The van der Waals surface area contributed by atoms with Gasteiger partial charge >= 0.3 is 0 Å². The van der Waals surface area contributed by atoms with Gasteiger partial charge in [-0.05, 0) is 30.4 Å². The highest BCUT2D eigenvalue weighted by molar-refractivity contribution is 7.80. The molecule has 8 heteroatoms. The van der Waals surface area contributed by atoms with Gasteiger partial charge in [0.05, 0.1) is 11.1 Å². The first-order valence-corrected chi connectivity index (χ1v) is 6.94. The van der Waals surface area contributed by atoms with Crippen molar-refractivity contribution in [1.82, 2.24) is 5.43 Å². The summed E-state index contributed by atoms with van der Waals surface area (Å²) in [6.07, 6.45) is 1.42. The van der Waals surface area contributed by atoms with Crippen molar-refractivity contribution in [1.29, 1.82) is 0 Å². The van der Waals surface area contributed by atoms with Gasteiger partial charge in [-0.2, -0.15) is 5.10 Å². The minimum Gasteiger partial charge on any atom is -0.331 e. The molecule has 0 fully saturated rings. The summed E-state index contributed by atoms with van der Waals surface area (Å²) in [6, 6.07) is 13.8. The number of nitrogens with one attached hydrogen (secondary N) is 2. The number of rotatable bonds is 4. The highest BCUT2D eigenvalue weighted by atomic mass is 35.5. The predicted molar refractivity (Wildman–Crippen MR) is 91.5 cm³/mol. The molecule has 22 heavy (non-hydrogen) atoms. The van der Waals surface area contributed by atoms with Crippen LogP contribution in [0.25, 0.3) is 0 Å². The number of hydrogen-bond acceptors (Lipinski definition) is 4. The Balaban J connectivity index is 1.96. The molecule has 0 radical (unpaired) electrons. The molecule has 0 aliphatic heterocycles. The minimum absolute atomic E-state index is 0.0800. The third-order valence-electron chi connectivity index (χ3n) is 2.58. The van der Waals surface area contributed by atoms with Crippen LogP contribution in [0.4, 0.5) is 11.4 Å². The molecule has 6 nitrogen and oxygen atoms in total. The molecule has 112 valence electrons. The lowest BCUT2D eigenvalue weighted by atomic mass is 10.2. The number of benzene rings is 2. The van der Waals surface area contributed by atoms with Gasteiger partial charge in [-0.3, -0.25) is 15.5 Å². The maximum atomic E-state index is 10.8. The summed E-state index contributed by atoms with van der Waals surface area (Å²) in [4.78, 5) is 10.2. The maximum Gasteiger partial charge on any atom is 0.288 e. The molecule has 0 saturated carbocycles. The van der Waals surface area contributed by atoms with Crippen LogP contribution in [0.1, 0.15) is 5.56 Å². The molecule has 0 atom stereocenters. The van der Waals surface area contributed by atoms with Crippen molar-refractivity contribution in [3.63, 3.8) is 0 Å². The molecule has 2 N–H and O–H groups in total. The van der Waals surface area contributed by atoms with E-state index in [0.29, 0.717) is 10.7 Å². The van der Waals surface area contributed by atoms with Crippen LogP contribution in [-0.4, -0.2) is 16.3 Å². The topological polar surface area (TPSA) is 79.6 Å². The Hall–Kier alpha value is -2.51. The Morgan fingerprint density at radius 2 is 2.00 bits per heavy atom. The summed E-state index contributed by atoms with van der Waals surface area (Å²) in [7, 11) is 0. The molecule has 0 bridgehead atoms. The van der Waals surface area contributed by atoms with Crippen molar-refractivity contribution in [2.45, 2.75) is 0 Å². The van der Waals surface area contributed by atoms with E-state index in [9.17, 15) is 10.1 Å². The van der Waals surface area contributed by atoms with Gasteiger partial charge in [0.15, 0.2) is 5.11 Å². The standard InChI is InChI=1S/C14H11ClN4O2S/c15-12-7-6-10(8-13(12)19(20)21)9-16-18-14(22)17-11-4-2-1-3-5-11/h1-9H,(H2,17,18,22). The second-order valence-electron chi connectivity index (χ2n) is 4.16. The quantitative estimate of drug-likeness (QED) is 0.387. The molecular formula is C14H11ClN4O2S. The van der Waals surface area contributed by atoms with E-state index in [4.69, 9.17) is 23.8 Å². The van der Waals surface area contributed by atoms with Crippen LogP contribution in [-0.2, 0) is 0 Å². The Morgan fingerprint density at radius 1 is 1.27 bits per heavy atom. The Morgan fingerprint density at radius 3 is 2.68 bits per heavy atom. The van der Waals surface area contributed by atoms with Crippen molar-refractivity contribution < 1.29 is 4.92 Å². The monoisotopic (exact) mass is 334 g/mol. The van der Waals surface area contributed by atoms with E-state index in [1.165, 1.54) is 18.3 Å². The second kappa shape index (κ2) is 7.48. The van der Waals surface area contributed by atoms with Crippen LogP contribution >= 0.6 is 23.8 Å². The first-order chi connectivity index (χ1) is 10.6. The van der Waals surface area contributed by atoms with Crippen molar-refractivity contribution in [3.8, 4) is 0 Å². The SMILES string of the molecule is O=[N+]([O-])c1cc(C=NNC(=S)Nc2ccccc2)ccc1Cl. The number of para-hydroxylation sites is 1. The number of halogens is 1. The highest BCUT2D eigenvalue weighted by Gasteiger charge is 2.11. The zero-order valence-corrected chi connectivity index (χ0v) is 12.8. The molecule has 0 saturated heterocycles. The molecular weight excluding hydrogens is 324 g/mol. The van der Waals surface area contributed by atoms with Gasteiger partial charge in [0.1, 0.15) is 5.02 Å². The van der Waals surface area contributed by atoms with Crippen molar-refractivity contribution in [2.75, 3.05) is 5.32 Å². The van der Waals surface area contributed by atoms with Gasteiger partial charge < -0.3 is 5.32 Å². The lowest BCUT2D eigenvalue weighted by Crippen LogP contribution is -2.23. The fraction of sp³-hybridized carbons (Fsp3) is 0. The highest BCUT2D eigenvalue weighted by Crippen LogP contribution is 2.24. The average Bonchev–Trinajstić information content (AvgIpc) is 2.49. The largest absolute Gasteiger partial charge is 0.331 e. The Bertz CT molecular complexity index is 722.